The summed E-state index contributed by atoms with van der Waals surface area (Å²) >= 11 is -0.750. The van der Waals surface area contributed by atoms with Crippen LogP contribution in [-0.2, 0) is 37.5 Å². The van der Waals surface area contributed by atoms with Crippen LogP contribution in [0.3, 0.4) is 0 Å². The van der Waals surface area contributed by atoms with Crippen LogP contribution >= 0.6 is 0 Å². The second-order valence-corrected chi connectivity index (χ2v) is 14.2. The number of sulfone groups is 1. The summed E-state index contributed by atoms with van der Waals surface area (Å²) in [6, 6.07) is 32.0. The van der Waals surface area contributed by atoms with Gasteiger partial charge in [-0.25, -0.2) is 8.42 Å². The predicted molar refractivity (Wildman–Crippen MR) is 208 cm³/mol. The van der Waals surface area contributed by atoms with Gasteiger partial charge in [-0.05, 0) is 61.7 Å². The van der Waals surface area contributed by atoms with E-state index in [2.05, 4.69) is 48.1 Å². The highest BCUT2D eigenvalue weighted by atomic mass is 32.2. The minimum Gasteiger partial charge on any atom is -0.349 e. The molecule has 0 unspecified atom stereocenters. The van der Waals surface area contributed by atoms with Gasteiger partial charge in [-0.15, -0.1) is 0 Å². The maximum absolute atomic E-state index is 11.9. The standard InChI is InChI=1S/C14H12O2S.C10H14N2O.C7H8.C5H9NO.C4H8O.O2S/c15-17(16,14-9-5-2-6-10-14)12-11-13-7-3-1-4-8-13;1-7(2)8-3-4-9-10(13)11-5-6-12(8)9;1-7-5-3-2-4-6-7;7-5-2-1-3-6-4-5;1-4(2)3-5;1-3-2/h1-12H;3-4,7H,5-6H2,1-2H3,(H,11,13);2-6H,1H3;6H,1-4H2;3-4H,1-2H3;/b12-11+;;;;;. The number of aldehydes is 1. The number of rotatable bonds is 5. The lowest BCUT2D eigenvalue weighted by molar-refractivity contribution is -0.119. The molecule has 2 aliphatic heterocycles. The van der Waals surface area contributed by atoms with E-state index >= 15 is 0 Å². The third-order valence-electron chi connectivity index (χ3n) is 7.11. The van der Waals surface area contributed by atoms with Crippen LogP contribution in [0.2, 0.25) is 0 Å². The van der Waals surface area contributed by atoms with Crippen molar-refractivity contribution in [1.29, 1.82) is 0 Å². The van der Waals surface area contributed by atoms with E-state index < -0.39 is 21.4 Å². The molecule has 52 heavy (non-hydrogen) atoms. The summed E-state index contributed by atoms with van der Waals surface area (Å²) in [5.41, 5.74) is 4.24. The van der Waals surface area contributed by atoms with Gasteiger partial charge in [-0.2, -0.15) is 8.42 Å². The van der Waals surface area contributed by atoms with Crippen molar-refractivity contribution in [2.75, 3.05) is 19.6 Å². The normalized spacial score (nSPS) is 13.1. The molecule has 1 fully saturated rings. The Morgan fingerprint density at radius 1 is 0.788 bits per heavy atom. The maximum atomic E-state index is 11.9. The van der Waals surface area contributed by atoms with Gasteiger partial charge in [0, 0.05) is 36.5 Å². The predicted octanol–water partition coefficient (Wildman–Crippen LogP) is 6.59. The van der Waals surface area contributed by atoms with Gasteiger partial charge >= 0.3 is 11.6 Å². The summed E-state index contributed by atoms with van der Waals surface area (Å²) in [6.07, 6.45) is 4.33. The fourth-order valence-electron chi connectivity index (χ4n) is 4.49. The Kier molecular flexibility index (Phi) is 22.7. The van der Waals surface area contributed by atoms with Crippen LogP contribution in [-0.4, -0.2) is 59.0 Å². The topological polar surface area (TPSA) is 148 Å². The lowest BCUT2D eigenvalue weighted by Gasteiger charge is -2.19. The molecular weight excluding hydrogens is 699 g/mol. The smallest absolute Gasteiger partial charge is 0.335 e. The van der Waals surface area contributed by atoms with Crippen molar-refractivity contribution in [3.05, 3.63) is 131 Å². The van der Waals surface area contributed by atoms with Crippen LogP contribution in [0.5, 0.6) is 0 Å². The van der Waals surface area contributed by atoms with E-state index in [4.69, 9.17) is 8.42 Å². The van der Waals surface area contributed by atoms with E-state index in [-0.39, 0.29) is 11.8 Å². The summed E-state index contributed by atoms with van der Waals surface area (Å²) in [5.74, 6) is 1.10. The van der Waals surface area contributed by atoms with Gasteiger partial charge < -0.3 is 20.0 Å². The Balaban J connectivity index is 0.000000341. The molecule has 12 heteroatoms. The quantitative estimate of drug-likeness (QED) is 0.217. The monoisotopic (exact) mass is 749 g/mol. The first-order chi connectivity index (χ1) is 24.9. The average Bonchev–Trinajstić information content (AvgIpc) is 3.60. The van der Waals surface area contributed by atoms with Crippen molar-refractivity contribution < 1.29 is 31.2 Å². The Labute approximate surface area is 312 Å². The zero-order valence-corrected chi connectivity index (χ0v) is 32.2. The molecule has 0 atom stereocenters. The number of aryl methyl sites for hydroxylation is 1. The number of amides is 1. The summed E-state index contributed by atoms with van der Waals surface area (Å²) in [7, 11) is -3.34. The van der Waals surface area contributed by atoms with Crippen molar-refractivity contribution in [2.45, 2.75) is 64.8 Å². The molecule has 0 bridgehead atoms. The third kappa shape index (κ3) is 19.0. The van der Waals surface area contributed by atoms with Gasteiger partial charge in [-0.3, -0.25) is 9.59 Å². The fourth-order valence-corrected chi connectivity index (χ4v) is 5.52. The number of hydrogen-bond donors (Lipinski definition) is 2. The van der Waals surface area contributed by atoms with Crippen LogP contribution in [0.4, 0.5) is 0 Å². The average molecular weight is 750 g/mol. The molecule has 2 N–H and O–H groups in total. The second-order valence-electron chi connectivity index (χ2n) is 12.2. The molecule has 0 saturated carbocycles. The molecule has 3 heterocycles. The van der Waals surface area contributed by atoms with E-state index in [0.717, 1.165) is 50.0 Å². The SMILES string of the molecule is CC(C)C=O.CC(C)c1ccc2n1CCNC2=O.Cc1ccccc1.O=C1CCCNC1.O=S(=O)(/C=C/c1ccccc1)c1ccccc1.O=S=O. The van der Waals surface area contributed by atoms with Crippen LogP contribution in [0.25, 0.3) is 6.08 Å². The molecule has 0 aliphatic carbocycles. The lowest BCUT2D eigenvalue weighted by Crippen LogP contribution is -2.35. The zero-order chi connectivity index (χ0) is 38.8. The minimum absolute atomic E-state index is 0.0538. The number of aromatic nitrogens is 1. The number of ketones is 1. The van der Waals surface area contributed by atoms with Crippen molar-refractivity contribution in [1.82, 2.24) is 15.2 Å². The Bertz CT molecular complexity index is 1780. The number of benzene rings is 3. The molecule has 4 aromatic rings. The maximum Gasteiger partial charge on any atom is 0.335 e. The third-order valence-corrected chi connectivity index (χ3v) is 8.54. The number of hydrogen-bond acceptors (Lipinski definition) is 8. The number of carbonyl (C=O) groups excluding carboxylic acids is 3. The first kappa shape index (κ1) is 45.2. The van der Waals surface area contributed by atoms with Gasteiger partial charge in [-0.1, -0.05) is 112 Å². The summed E-state index contributed by atoms with van der Waals surface area (Å²) in [6.45, 7) is 13.4. The number of fused-ring (bicyclic) bond motifs is 1. The fraction of sp³-hybridized carbons (Fsp3) is 0.325. The van der Waals surface area contributed by atoms with E-state index in [1.54, 1.807) is 36.4 Å². The number of nitrogens with one attached hydrogen (secondary N) is 2. The first-order valence-electron chi connectivity index (χ1n) is 17.0. The molecule has 1 aromatic heterocycles. The van der Waals surface area contributed by atoms with Crippen molar-refractivity contribution in [3.8, 4) is 0 Å². The Morgan fingerprint density at radius 3 is 1.75 bits per heavy atom. The van der Waals surface area contributed by atoms with Crippen LogP contribution < -0.4 is 10.6 Å². The number of Topliss-reactive ketones (excluding diaryl/α,β-unsaturated/α-hetero) is 1. The van der Waals surface area contributed by atoms with Gasteiger partial charge in [0.05, 0.1) is 11.4 Å². The highest BCUT2D eigenvalue weighted by Crippen LogP contribution is 2.20. The number of carbonyl (C=O) groups is 3. The molecule has 280 valence electrons. The number of nitrogens with zero attached hydrogens (tertiary/aromatic N) is 1. The van der Waals surface area contributed by atoms with Gasteiger partial charge in [0.25, 0.3) is 5.91 Å². The van der Waals surface area contributed by atoms with E-state index in [1.807, 2.05) is 74.5 Å². The summed E-state index contributed by atoms with van der Waals surface area (Å²) < 4.78 is 42.5. The van der Waals surface area contributed by atoms with Crippen LogP contribution in [0.1, 0.15) is 73.8 Å². The molecule has 0 radical (unpaired) electrons. The second kappa shape index (κ2) is 26.1. The molecule has 1 amide bonds. The molecule has 3 aromatic carbocycles. The zero-order valence-electron chi connectivity index (χ0n) is 30.6. The van der Waals surface area contributed by atoms with E-state index in [9.17, 15) is 22.8 Å². The Morgan fingerprint density at radius 2 is 1.33 bits per heavy atom. The lowest BCUT2D eigenvalue weighted by atomic mass is 10.1. The van der Waals surface area contributed by atoms with Crippen LogP contribution in [0.15, 0.2) is 113 Å². The molecule has 2 aliphatic rings. The van der Waals surface area contributed by atoms with E-state index in [0.29, 0.717) is 23.1 Å². The minimum atomic E-state index is -3.34. The van der Waals surface area contributed by atoms with Gasteiger partial charge in [0.1, 0.15) is 17.8 Å². The highest BCUT2D eigenvalue weighted by Gasteiger charge is 2.19. The van der Waals surface area contributed by atoms with Crippen molar-refractivity contribution >= 4 is 45.5 Å². The summed E-state index contributed by atoms with van der Waals surface area (Å²) in [4.78, 5) is 31.6. The van der Waals surface area contributed by atoms with Crippen LogP contribution in [0, 0.1) is 12.8 Å². The first-order valence-corrected chi connectivity index (χ1v) is 19.2. The van der Waals surface area contributed by atoms with Gasteiger partial charge in [0.15, 0.2) is 9.84 Å². The van der Waals surface area contributed by atoms with E-state index in [1.165, 1.54) is 16.7 Å². The molecule has 0 spiro atoms. The Hall–Kier alpha value is -4.78. The molecule has 10 nitrogen and oxygen atoms in total. The number of piperidine rings is 1. The summed E-state index contributed by atoms with van der Waals surface area (Å²) in [5, 5.41) is 7.05. The largest absolute Gasteiger partial charge is 0.349 e. The van der Waals surface area contributed by atoms with Gasteiger partial charge in [0.2, 0.25) is 0 Å². The van der Waals surface area contributed by atoms with Crippen molar-refractivity contribution in [2.24, 2.45) is 5.92 Å². The van der Waals surface area contributed by atoms with Crippen molar-refractivity contribution in [3.63, 3.8) is 0 Å². The molecule has 1 saturated heterocycles. The molecular formula is C40H51N3O7S2. The highest BCUT2D eigenvalue weighted by molar-refractivity contribution is 7.94. The molecule has 6 rings (SSSR count).